The first-order valence-corrected chi connectivity index (χ1v) is 6.61. The maximum atomic E-state index is 12.0. The topological polar surface area (TPSA) is 49.3 Å². The number of nitrogens with one attached hydrogen (secondary N) is 1. The van der Waals surface area contributed by atoms with Crippen LogP contribution in [-0.2, 0) is 4.79 Å². The summed E-state index contributed by atoms with van der Waals surface area (Å²) < 4.78 is -0.408. The van der Waals surface area contributed by atoms with Crippen LogP contribution in [0.2, 0.25) is 0 Å². The lowest BCUT2D eigenvalue weighted by atomic mass is 9.84. The number of aliphatic hydroxyl groups excluding tert-OH is 1. The van der Waals surface area contributed by atoms with Crippen molar-refractivity contribution in [2.24, 2.45) is 0 Å². The minimum atomic E-state index is -0.408. The molecule has 92 valence electrons. The number of carbonyl (C=O) groups is 1. The fourth-order valence-corrected chi connectivity index (χ4v) is 2.60. The van der Waals surface area contributed by atoms with Crippen LogP contribution in [0.15, 0.2) is 30.3 Å². The molecule has 0 aromatic heterocycles. The van der Waals surface area contributed by atoms with Crippen LogP contribution in [-0.4, -0.2) is 21.9 Å². The lowest BCUT2D eigenvalue weighted by molar-refractivity contribution is -0.126. The SMILES string of the molecule is O=C(N[C@@H](CO)c1ccccc1)C1(Br)CCC1. The molecule has 0 bridgehead atoms. The van der Waals surface area contributed by atoms with Gasteiger partial charge in [0.25, 0.3) is 0 Å². The Morgan fingerprint density at radius 2 is 2.06 bits per heavy atom. The lowest BCUT2D eigenvalue weighted by Gasteiger charge is -2.35. The summed E-state index contributed by atoms with van der Waals surface area (Å²) in [5, 5.41) is 12.2. The van der Waals surface area contributed by atoms with Crippen molar-refractivity contribution >= 4 is 21.8 Å². The molecule has 0 spiro atoms. The molecule has 0 heterocycles. The van der Waals surface area contributed by atoms with E-state index >= 15 is 0 Å². The second-order valence-corrected chi connectivity index (χ2v) is 5.96. The highest BCUT2D eigenvalue weighted by atomic mass is 79.9. The molecule has 1 aromatic carbocycles. The van der Waals surface area contributed by atoms with Crippen molar-refractivity contribution in [1.29, 1.82) is 0 Å². The van der Waals surface area contributed by atoms with Crippen LogP contribution in [0.3, 0.4) is 0 Å². The normalized spacial score (nSPS) is 19.2. The van der Waals surface area contributed by atoms with Gasteiger partial charge in [0.15, 0.2) is 0 Å². The molecule has 0 radical (unpaired) electrons. The van der Waals surface area contributed by atoms with Crippen molar-refractivity contribution in [3.05, 3.63) is 35.9 Å². The number of alkyl halides is 1. The summed E-state index contributed by atoms with van der Waals surface area (Å²) in [7, 11) is 0. The number of benzene rings is 1. The van der Waals surface area contributed by atoms with Gasteiger partial charge < -0.3 is 10.4 Å². The van der Waals surface area contributed by atoms with E-state index in [0.29, 0.717) is 0 Å². The summed E-state index contributed by atoms with van der Waals surface area (Å²) in [6.07, 6.45) is 2.81. The van der Waals surface area contributed by atoms with Gasteiger partial charge in [-0.3, -0.25) is 4.79 Å². The number of hydrogen-bond acceptors (Lipinski definition) is 2. The van der Waals surface area contributed by atoms with E-state index in [9.17, 15) is 9.90 Å². The molecule has 1 fully saturated rings. The van der Waals surface area contributed by atoms with Gasteiger partial charge in [0, 0.05) is 0 Å². The Labute approximate surface area is 109 Å². The molecule has 0 unspecified atom stereocenters. The van der Waals surface area contributed by atoms with Gasteiger partial charge in [-0.25, -0.2) is 0 Å². The first kappa shape index (κ1) is 12.6. The average Bonchev–Trinajstić information content (AvgIpc) is 2.33. The summed E-state index contributed by atoms with van der Waals surface area (Å²) >= 11 is 3.47. The zero-order chi connectivity index (χ0) is 12.3. The van der Waals surface area contributed by atoms with E-state index in [1.54, 1.807) is 0 Å². The summed E-state index contributed by atoms with van der Waals surface area (Å²) in [6, 6.07) is 9.21. The zero-order valence-electron chi connectivity index (χ0n) is 9.53. The Bertz CT molecular complexity index is 390. The highest BCUT2D eigenvalue weighted by molar-refractivity contribution is 9.10. The first-order chi connectivity index (χ1) is 8.15. The molecule has 2 rings (SSSR count). The second-order valence-electron chi connectivity index (χ2n) is 4.44. The van der Waals surface area contributed by atoms with Crippen LogP contribution in [0.5, 0.6) is 0 Å². The molecule has 4 heteroatoms. The second kappa shape index (κ2) is 5.19. The van der Waals surface area contributed by atoms with E-state index in [1.165, 1.54) is 0 Å². The summed E-state index contributed by atoms with van der Waals surface area (Å²) in [4.78, 5) is 12.0. The van der Waals surface area contributed by atoms with Gasteiger partial charge in [-0.15, -0.1) is 0 Å². The molecule has 0 saturated heterocycles. The molecule has 1 atom stereocenters. The molecule has 1 amide bonds. The van der Waals surface area contributed by atoms with E-state index in [2.05, 4.69) is 21.2 Å². The highest BCUT2D eigenvalue weighted by Crippen LogP contribution is 2.40. The monoisotopic (exact) mass is 297 g/mol. The molecular weight excluding hydrogens is 282 g/mol. The average molecular weight is 298 g/mol. The van der Waals surface area contributed by atoms with Gasteiger partial charge in [0.05, 0.1) is 12.6 Å². The number of hydrogen-bond donors (Lipinski definition) is 2. The third-order valence-corrected chi connectivity index (χ3v) is 4.40. The van der Waals surface area contributed by atoms with Crippen LogP contribution in [0.4, 0.5) is 0 Å². The van der Waals surface area contributed by atoms with Crippen molar-refractivity contribution in [1.82, 2.24) is 5.32 Å². The molecular formula is C13H16BrNO2. The largest absolute Gasteiger partial charge is 0.394 e. The van der Waals surface area contributed by atoms with Gasteiger partial charge >= 0.3 is 0 Å². The molecule has 1 saturated carbocycles. The zero-order valence-corrected chi connectivity index (χ0v) is 11.1. The summed E-state index contributed by atoms with van der Waals surface area (Å²) in [6.45, 7) is -0.0845. The molecule has 17 heavy (non-hydrogen) atoms. The van der Waals surface area contributed by atoms with Crippen LogP contribution in [0, 0.1) is 0 Å². The molecule has 1 aromatic rings. The van der Waals surface area contributed by atoms with Crippen molar-refractivity contribution in [3.63, 3.8) is 0 Å². The Kier molecular flexibility index (Phi) is 3.84. The fraction of sp³-hybridized carbons (Fsp3) is 0.462. The van der Waals surface area contributed by atoms with Crippen LogP contribution in [0.25, 0.3) is 0 Å². The Morgan fingerprint density at radius 1 is 1.41 bits per heavy atom. The number of halogens is 1. The van der Waals surface area contributed by atoms with E-state index in [0.717, 1.165) is 24.8 Å². The number of carbonyl (C=O) groups excluding carboxylic acids is 1. The summed E-state index contributed by atoms with van der Waals surface area (Å²) in [5.41, 5.74) is 0.929. The fourth-order valence-electron chi connectivity index (χ4n) is 1.92. The van der Waals surface area contributed by atoms with Gasteiger partial charge in [0.1, 0.15) is 4.32 Å². The van der Waals surface area contributed by atoms with Gasteiger partial charge in [0.2, 0.25) is 5.91 Å². The number of amides is 1. The van der Waals surface area contributed by atoms with E-state index in [4.69, 9.17) is 0 Å². The van der Waals surface area contributed by atoms with Crippen LogP contribution < -0.4 is 5.32 Å². The lowest BCUT2D eigenvalue weighted by Crippen LogP contribution is -2.48. The van der Waals surface area contributed by atoms with Crippen molar-refractivity contribution in [3.8, 4) is 0 Å². The smallest absolute Gasteiger partial charge is 0.237 e. The highest BCUT2D eigenvalue weighted by Gasteiger charge is 2.42. The minimum absolute atomic E-state index is 0.0216. The van der Waals surface area contributed by atoms with Crippen LogP contribution in [0.1, 0.15) is 30.9 Å². The number of aliphatic hydroxyl groups is 1. The maximum Gasteiger partial charge on any atom is 0.237 e. The predicted octanol–water partition coefficient (Wildman–Crippen LogP) is 2.15. The third-order valence-electron chi connectivity index (χ3n) is 3.24. The van der Waals surface area contributed by atoms with Gasteiger partial charge in [-0.1, -0.05) is 46.3 Å². The Morgan fingerprint density at radius 3 is 2.53 bits per heavy atom. The number of rotatable bonds is 4. The first-order valence-electron chi connectivity index (χ1n) is 5.81. The molecule has 1 aliphatic rings. The van der Waals surface area contributed by atoms with Crippen LogP contribution >= 0.6 is 15.9 Å². The van der Waals surface area contributed by atoms with Crippen molar-refractivity contribution in [2.75, 3.05) is 6.61 Å². The van der Waals surface area contributed by atoms with Crippen molar-refractivity contribution < 1.29 is 9.90 Å². The van der Waals surface area contributed by atoms with Crippen molar-refractivity contribution in [2.45, 2.75) is 29.6 Å². The van der Waals surface area contributed by atoms with E-state index in [1.807, 2.05) is 30.3 Å². The van der Waals surface area contributed by atoms with Gasteiger partial charge in [-0.2, -0.15) is 0 Å². The third kappa shape index (κ3) is 2.69. The minimum Gasteiger partial charge on any atom is -0.394 e. The molecule has 3 nitrogen and oxygen atoms in total. The summed E-state index contributed by atoms with van der Waals surface area (Å²) in [5.74, 6) is -0.0216. The molecule has 1 aliphatic carbocycles. The quantitative estimate of drug-likeness (QED) is 0.837. The van der Waals surface area contributed by atoms with E-state index < -0.39 is 4.32 Å². The Hall–Kier alpha value is -0.870. The maximum absolute atomic E-state index is 12.0. The standard InChI is InChI=1S/C13H16BrNO2/c14-13(7-4-8-13)12(17)15-11(9-16)10-5-2-1-3-6-10/h1-3,5-6,11,16H,4,7-9H2,(H,15,17)/t11-/m0/s1. The predicted molar refractivity (Wildman–Crippen MR) is 69.9 cm³/mol. The molecule has 0 aliphatic heterocycles. The van der Waals surface area contributed by atoms with E-state index in [-0.39, 0.29) is 18.6 Å². The molecule has 2 N–H and O–H groups in total. The van der Waals surface area contributed by atoms with Gasteiger partial charge in [-0.05, 0) is 24.8 Å². The Balaban J connectivity index is 2.03.